The van der Waals surface area contributed by atoms with Gasteiger partial charge in [0, 0.05) is 12.6 Å². The molecule has 6 heteroatoms. The number of nitrogens with two attached hydrogens (primary N) is 1. The third-order valence-corrected chi connectivity index (χ3v) is 4.24. The van der Waals surface area contributed by atoms with E-state index in [1.807, 2.05) is 47.2 Å². The number of hydrogen-bond acceptors (Lipinski definition) is 4. The van der Waals surface area contributed by atoms with E-state index in [2.05, 4.69) is 5.32 Å². The lowest BCUT2D eigenvalue weighted by Gasteiger charge is -2.20. The van der Waals surface area contributed by atoms with E-state index in [1.54, 1.807) is 6.92 Å². The highest BCUT2D eigenvalue weighted by molar-refractivity contribution is 7.07. The van der Waals surface area contributed by atoms with E-state index in [-0.39, 0.29) is 36.8 Å². The van der Waals surface area contributed by atoms with E-state index in [0.717, 1.165) is 11.1 Å². The van der Waals surface area contributed by atoms with Crippen molar-refractivity contribution in [3.63, 3.8) is 0 Å². The Hall–Kier alpha value is -1.40. The van der Waals surface area contributed by atoms with E-state index < -0.39 is 6.10 Å². The molecule has 1 aromatic carbocycles. The molecule has 4 nitrogen and oxygen atoms in total. The molecular weight excluding hydrogens is 320 g/mol. The van der Waals surface area contributed by atoms with E-state index in [0.29, 0.717) is 0 Å². The summed E-state index contributed by atoms with van der Waals surface area (Å²) in [4.78, 5) is 12.1. The standard InChI is InChI=1S/C16H20N2O2S.ClH/c1-11(15(17)12-5-3-2-4-6-12)16(20)18-9-14(19)13-7-8-21-10-13;/h2-8,10-11,14-15,19H,9,17H2,1H3,(H,18,20);1H. The van der Waals surface area contributed by atoms with Gasteiger partial charge in [-0.25, -0.2) is 0 Å². The van der Waals surface area contributed by atoms with Crippen molar-refractivity contribution >= 4 is 29.7 Å². The molecule has 0 aliphatic carbocycles. The second-order valence-electron chi connectivity index (χ2n) is 5.04. The highest BCUT2D eigenvalue weighted by atomic mass is 35.5. The fraction of sp³-hybridized carbons (Fsp3) is 0.312. The molecule has 2 aromatic rings. The fourth-order valence-electron chi connectivity index (χ4n) is 2.07. The molecule has 0 spiro atoms. The van der Waals surface area contributed by atoms with Crippen molar-refractivity contribution in [3.05, 3.63) is 58.3 Å². The molecule has 0 saturated heterocycles. The summed E-state index contributed by atoms with van der Waals surface area (Å²) in [6.07, 6.45) is -0.680. The summed E-state index contributed by atoms with van der Waals surface area (Å²) in [5.74, 6) is -0.511. The Kier molecular flexibility index (Phi) is 7.55. The van der Waals surface area contributed by atoms with Crippen LogP contribution in [-0.2, 0) is 4.79 Å². The molecule has 1 heterocycles. The predicted octanol–water partition coefficient (Wildman–Crippen LogP) is 2.66. The van der Waals surface area contributed by atoms with Crippen LogP contribution < -0.4 is 11.1 Å². The minimum absolute atomic E-state index is 0. The highest BCUT2D eigenvalue weighted by Crippen LogP contribution is 2.20. The number of aliphatic hydroxyl groups is 1. The number of aliphatic hydroxyl groups excluding tert-OH is 1. The number of thiophene rings is 1. The Morgan fingerprint density at radius 3 is 2.55 bits per heavy atom. The topological polar surface area (TPSA) is 75.3 Å². The van der Waals surface area contributed by atoms with Crippen molar-refractivity contribution in [1.82, 2.24) is 5.32 Å². The molecule has 3 unspecified atom stereocenters. The van der Waals surface area contributed by atoms with Gasteiger partial charge in [-0.05, 0) is 28.0 Å². The Bertz CT molecular complexity index is 563. The van der Waals surface area contributed by atoms with Crippen LogP contribution in [0.25, 0.3) is 0 Å². The molecule has 1 amide bonds. The molecule has 120 valence electrons. The average molecular weight is 341 g/mol. The van der Waals surface area contributed by atoms with Gasteiger partial charge in [0.15, 0.2) is 0 Å². The maximum Gasteiger partial charge on any atom is 0.224 e. The number of halogens is 1. The third kappa shape index (κ3) is 4.81. The van der Waals surface area contributed by atoms with E-state index >= 15 is 0 Å². The normalized spacial score (nSPS) is 14.5. The molecule has 22 heavy (non-hydrogen) atoms. The molecule has 0 bridgehead atoms. The van der Waals surface area contributed by atoms with Gasteiger partial charge in [0.1, 0.15) is 0 Å². The number of carbonyl (C=O) groups excluding carboxylic acids is 1. The zero-order chi connectivity index (χ0) is 15.2. The number of nitrogens with one attached hydrogen (secondary N) is 1. The van der Waals surface area contributed by atoms with Crippen molar-refractivity contribution in [2.75, 3.05) is 6.54 Å². The van der Waals surface area contributed by atoms with Crippen LogP contribution in [0.5, 0.6) is 0 Å². The molecule has 4 N–H and O–H groups in total. The van der Waals surface area contributed by atoms with E-state index in [4.69, 9.17) is 5.73 Å². The van der Waals surface area contributed by atoms with Crippen LogP contribution in [0.3, 0.4) is 0 Å². The van der Waals surface area contributed by atoms with Crippen molar-refractivity contribution in [1.29, 1.82) is 0 Å². The Balaban J connectivity index is 0.00000242. The summed E-state index contributed by atoms with van der Waals surface area (Å²) in [7, 11) is 0. The van der Waals surface area contributed by atoms with Crippen LogP contribution in [0.1, 0.15) is 30.2 Å². The minimum Gasteiger partial charge on any atom is -0.387 e. The quantitative estimate of drug-likeness (QED) is 0.756. The second-order valence-corrected chi connectivity index (χ2v) is 5.82. The van der Waals surface area contributed by atoms with Crippen molar-refractivity contribution < 1.29 is 9.90 Å². The molecule has 0 radical (unpaired) electrons. The minimum atomic E-state index is -0.680. The van der Waals surface area contributed by atoms with Crippen molar-refractivity contribution in [3.8, 4) is 0 Å². The van der Waals surface area contributed by atoms with Gasteiger partial charge < -0.3 is 16.2 Å². The van der Waals surface area contributed by atoms with Crippen LogP contribution >= 0.6 is 23.7 Å². The van der Waals surface area contributed by atoms with Gasteiger partial charge in [-0.3, -0.25) is 4.79 Å². The lowest BCUT2D eigenvalue weighted by Crippen LogP contribution is -2.37. The van der Waals surface area contributed by atoms with Gasteiger partial charge in [-0.1, -0.05) is 37.3 Å². The predicted molar refractivity (Wildman–Crippen MR) is 92.1 cm³/mol. The lowest BCUT2D eigenvalue weighted by atomic mass is 9.94. The maximum atomic E-state index is 12.1. The van der Waals surface area contributed by atoms with Crippen molar-refractivity contribution in [2.24, 2.45) is 11.7 Å². The molecule has 1 aromatic heterocycles. The van der Waals surface area contributed by atoms with Crippen LogP contribution in [-0.4, -0.2) is 17.6 Å². The van der Waals surface area contributed by atoms with Crippen LogP contribution in [0.4, 0.5) is 0 Å². The van der Waals surface area contributed by atoms with Crippen LogP contribution in [0.2, 0.25) is 0 Å². The van der Waals surface area contributed by atoms with Crippen molar-refractivity contribution in [2.45, 2.75) is 19.1 Å². The van der Waals surface area contributed by atoms with Gasteiger partial charge in [0.25, 0.3) is 0 Å². The first-order chi connectivity index (χ1) is 10.1. The summed E-state index contributed by atoms with van der Waals surface area (Å²) in [6.45, 7) is 1.99. The molecule has 0 saturated carbocycles. The third-order valence-electron chi connectivity index (χ3n) is 3.53. The lowest BCUT2D eigenvalue weighted by molar-refractivity contribution is -0.125. The van der Waals surface area contributed by atoms with Gasteiger partial charge >= 0.3 is 0 Å². The van der Waals surface area contributed by atoms with Gasteiger partial charge in [-0.2, -0.15) is 11.3 Å². The summed E-state index contributed by atoms with van der Waals surface area (Å²) >= 11 is 1.52. The number of amides is 1. The highest BCUT2D eigenvalue weighted by Gasteiger charge is 2.22. The Morgan fingerprint density at radius 2 is 1.95 bits per heavy atom. The first-order valence-electron chi connectivity index (χ1n) is 6.88. The Morgan fingerprint density at radius 1 is 1.27 bits per heavy atom. The SMILES string of the molecule is CC(C(=O)NCC(O)c1ccsc1)C(N)c1ccccc1.Cl. The van der Waals surface area contributed by atoms with Gasteiger partial charge in [0.05, 0.1) is 12.0 Å². The molecule has 3 atom stereocenters. The summed E-state index contributed by atoms with van der Waals surface area (Å²) in [5.41, 5.74) is 7.87. The molecule has 0 aliphatic rings. The molecule has 0 aliphatic heterocycles. The summed E-state index contributed by atoms with van der Waals surface area (Å²) < 4.78 is 0. The Labute approximate surface area is 140 Å². The van der Waals surface area contributed by atoms with Gasteiger partial charge in [-0.15, -0.1) is 12.4 Å². The van der Waals surface area contributed by atoms with Gasteiger partial charge in [0.2, 0.25) is 5.91 Å². The number of benzene rings is 1. The average Bonchev–Trinajstić information content (AvgIpc) is 3.06. The summed E-state index contributed by atoms with van der Waals surface area (Å²) in [6, 6.07) is 11.0. The zero-order valence-electron chi connectivity index (χ0n) is 12.3. The maximum absolute atomic E-state index is 12.1. The molecule has 2 rings (SSSR count). The molecule has 0 fully saturated rings. The number of hydrogen-bond donors (Lipinski definition) is 3. The number of rotatable bonds is 6. The molecular formula is C16H21ClN2O2S. The fourth-order valence-corrected chi connectivity index (χ4v) is 2.77. The van der Waals surface area contributed by atoms with Crippen LogP contribution in [0, 0.1) is 5.92 Å². The first-order valence-corrected chi connectivity index (χ1v) is 7.82. The first kappa shape index (κ1) is 18.6. The van der Waals surface area contributed by atoms with E-state index in [9.17, 15) is 9.90 Å². The largest absolute Gasteiger partial charge is 0.387 e. The number of carbonyl (C=O) groups is 1. The smallest absolute Gasteiger partial charge is 0.224 e. The summed E-state index contributed by atoms with van der Waals surface area (Å²) in [5, 5.41) is 16.5. The van der Waals surface area contributed by atoms with Crippen LogP contribution in [0.15, 0.2) is 47.2 Å². The monoisotopic (exact) mass is 340 g/mol. The van der Waals surface area contributed by atoms with E-state index in [1.165, 1.54) is 11.3 Å². The zero-order valence-corrected chi connectivity index (χ0v) is 13.9. The second kappa shape index (κ2) is 8.90.